The van der Waals surface area contributed by atoms with Crippen LogP contribution >= 0.6 is 11.6 Å². The van der Waals surface area contributed by atoms with Crippen molar-refractivity contribution in [1.82, 2.24) is 0 Å². The highest BCUT2D eigenvalue weighted by molar-refractivity contribution is 6.33. The number of rotatable bonds is 4. The molecule has 0 aromatic heterocycles. The van der Waals surface area contributed by atoms with Gasteiger partial charge in [-0.1, -0.05) is 32.4 Å². The number of nitrogens with one attached hydrogen (secondary N) is 1. The molecule has 3 heteroatoms. The zero-order valence-electron chi connectivity index (χ0n) is 9.97. The Balaban J connectivity index is 2.73. The molecule has 0 heterocycles. The molecule has 0 saturated carbocycles. The van der Waals surface area contributed by atoms with Gasteiger partial charge in [0.05, 0.1) is 22.3 Å². The Hall–Kier alpha value is -1.20. The Kier molecular flexibility index (Phi) is 4.20. The molecule has 16 heavy (non-hydrogen) atoms. The Labute approximate surface area is 102 Å². The van der Waals surface area contributed by atoms with Crippen LogP contribution in [0.2, 0.25) is 5.02 Å². The molecule has 86 valence electrons. The third-order valence-electron chi connectivity index (χ3n) is 2.81. The van der Waals surface area contributed by atoms with Crippen LogP contribution in [0.25, 0.3) is 0 Å². The molecule has 0 amide bonds. The fraction of sp³-hybridized carbons (Fsp3) is 0.462. The van der Waals surface area contributed by atoms with Crippen LogP contribution < -0.4 is 5.32 Å². The average Bonchev–Trinajstić information content (AvgIpc) is 2.27. The van der Waals surface area contributed by atoms with E-state index in [0.29, 0.717) is 10.6 Å². The summed E-state index contributed by atoms with van der Waals surface area (Å²) in [5, 5.41) is 12.6. The number of hydrogen-bond donors (Lipinski definition) is 1. The van der Waals surface area contributed by atoms with Gasteiger partial charge in [-0.15, -0.1) is 0 Å². The van der Waals surface area contributed by atoms with Crippen molar-refractivity contribution in [1.29, 1.82) is 5.26 Å². The van der Waals surface area contributed by atoms with Crippen LogP contribution in [0.15, 0.2) is 18.2 Å². The lowest BCUT2D eigenvalue weighted by Gasteiger charge is -2.23. The normalized spacial score (nSPS) is 10.9. The first-order chi connectivity index (χ1) is 7.48. The third-order valence-corrected chi connectivity index (χ3v) is 3.13. The van der Waals surface area contributed by atoms with Crippen LogP contribution in [-0.4, -0.2) is 6.54 Å². The average molecular weight is 237 g/mol. The number of anilines is 1. The van der Waals surface area contributed by atoms with Crippen molar-refractivity contribution in [3.05, 3.63) is 28.8 Å². The van der Waals surface area contributed by atoms with Crippen molar-refractivity contribution in [2.75, 3.05) is 11.9 Å². The van der Waals surface area contributed by atoms with Gasteiger partial charge in [-0.3, -0.25) is 0 Å². The highest BCUT2D eigenvalue weighted by Gasteiger charge is 2.15. The fourth-order valence-electron chi connectivity index (χ4n) is 1.19. The van der Waals surface area contributed by atoms with E-state index in [0.717, 1.165) is 18.7 Å². The van der Waals surface area contributed by atoms with Gasteiger partial charge >= 0.3 is 0 Å². The zero-order chi connectivity index (χ0) is 12.2. The van der Waals surface area contributed by atoms with E-state index in [9.17, 15) is 0 Å². The number of benzene rings is 1. The lowest BCUT2D eigenvalue weighted by molar-refractivity contribution is 0.377. The molecule has 0 aliphatic heterocycles. The molecule has 1 rings (SSSR count). The molecule has 0 aliphatic rings. The minimum atomic E-state index is 0.247. The van der Waals surface area contributed by atoms with Crippen LogP contribution in [0.1, 0.15) is 32.8 Å². The smallest absolute Gasteiger partial charge is 0.0992 e. The second-order valence-electron chi connectivity index (χ2n) is 4.68. The maximum Gasteiger partial charge on any atom is 0.0992 e. The van der Waals surface area contributed by atoms with Crippen molar-refractivity contribution in [2.45, 2.75) is 27.2 Å². The summed E-state index contributed by atoms with van der Waals surface area (Å²) in [5.74, 6) is 0. The predicted molar refractivity (Wildman–Crippen MR) is 68.7 cm³/mol. The predicted octanol–water partition coefficient (Wildman–Crippen LogP) is 4.06. The summed E-state index contributed by atoms with van der Waals surface area (Å²) in [5.41, 5.74) is 1.73. The molecule has 0 bridgehead atoms. The van der Waals surface area contributed by atoms with Gasteiger partial charge in [0.2, 0.25) is 0 Å². The maximum atomic E-state index is 8.72. The Morgan fingerprint density at radius 3 is 2.62 bits per heavy atom. The van der Waals surface area contributed by atoms with Crippen molar-refractivity contribution in [3.63, 3.8) is 0 Å². The summed E-state index contributed by atoms with van der Waals surface area (Å²) in [6.07, 6.45) is 1.11. The first-order valence-electron chi connectivity index (χ1n) is 5.42. The van der Waals surface area contributed by atoms with Crippen molar-refractivity contribution in [2.24, 2.45) is 5.41 Å². The number of nitriles is 1. The monoisotopic (exact) mass is 236 g/mol. The Morgan fingerprint density at radius 2 is 2.12 bits per heavy atom. The molecular formula is C13H17ClN2. The van der Waals surface area contributed by atoms with Gasteiger partial charge in [-0.05, 0) is 30.0 Å². The molecule has 1 N–H and O–H groups in total. The molecule has 0 spiro atoms. The first kappa shape index (κ1) is 12.9. The molecule has 2 nitrogen and oxygen atoms in total. The lowest BCUT2D eigenvalue weighted by Crippen LogP contribution is -2.22. The quantitative estimate of drug-likeness (QED) is 0.856. The number of nitrogens with zero attached hydrogens (tertiary/aromatic N) is 1. The van der Waals surface area contributed by atoms with E-state index in [-0.39, 0.29) is 5.41 Å². The van der Waals surface area contributed by atoms with Gasteiger partial charge in [0.1, 0.15) is 0 Å². The summed E-state index contributed by atoms with van der Waals surface area (Å²) < 4.78 is 0. The van der Waals surface area contributed by atoms with Gasteiger partial charge in [0, 0.05) is 6.54 Å². The molecule has 0 saturated heterocycles. The molecule has 0 aliphatic carbocycles. The molecule has 0 atom stereocenters. The van der Waals surface area contributed by atoms with E-state index >= 15 is 0 Å². The molecule has 1 aromatic carbocycles. The van der Waals surface area contributed by atoms with Gasteiger partial charge in [-0.2, -0.15) is 5.26 Å². The molecule has 1 aromatic rings. The van der Waals surface area contributed by atoms with Crippen LogP contribution in [0, 0.1) is 16.7 Å². The number of halogens is 1. The van der Waals surface area contributed by atoms with E-state index in [1.54, 1.807) is 12.1 Å². The summed E-state index contributed by atoms with van der Waals surface area (Å²) in [6.45, 7) is 7.45. The topological polar surface area (TPSA) is 35.8 Å². The van der Waals surface area contributed by atoms with Crippen molar-refractivity contribution >= 4 is 17.3 Å². The van der Waals surface area contributed by atoms with Gasteiger partial charge in [-0.25, -0.2) is 0 Å². The van der Waals surface area contributed by atoms with Gasteiger partial charge < -0.3 is 5.32 Å². The van der Waals surface area contributed by atoms with Crippen molar-refractivity contribution < 1.29 is 0 Å². The van der Waals surface area contributed by atoms with Crippen LogP contribution in [0.3, 0.4) is 0 Å². The SMILES string of the molecule is CCC(C)(C)CNc1ccc(C#N)cc1Cl. The number of hydrogen-bond acceptors (Lipinski definition) is 2. The van der Waals surface area contributed by atoms with E-state index in [2.05, 4.69) is 32.2 Å². The zero-order valence-corrected chi connectivity index (χ0v) is 10.7. The summed E-state index contributed by atoms with van der Waals surface area (Å²) >= 11 is 6.07. The van der Waals surface area contributed by atoms with Gasteiger partial charge in [0.25, 0.3) is 0 Å². The molecule has 0 fully saturated rings. The highest BCUT2D eigenvalue weighted by Crippen LogP contribution is 2.26. The second-order valence-corrected chi connectivity index (χ2v) is 5.08. The Bertz CT molecular complexity index is 405. The van der Waals surface area contributed by atoms with Crippen LogP contribution in [0.5, 0.6) is 0 Å². The molecule has 0 radical (unpaired) electrons. The fourth-order valence-corrected chi connectivity index (χ4v) is 1.43. The highest BCUT2D eigenvalue weighted by atomic mass is 35.5. The summed E-state index contributed by atoms with van der Waals surface area (Å²) in [4.78, 5) is 0. The first-order valence-corrected chi connectivity index (χ1v) is 5.80. The van der Waals surface area contributed by atoms with Crippen LogP contribution in [-0.2, 0) is 0 Å². The lowest BCUT2D eigenvalue weighted by atomic mass is 9.90. The van der Waals surface area contributed by atoms with Gasteiger partial charge in [0.15, 0.2) is 0 Å². The van der Waals surface area contributed by atoms with Crippen LogP contribution in [0.4, 0.5) is 5.69 Å². The van der Waals surface area contributed by atoms with E-state index in [1.807, 2.05) is 6.07 Å². The Morgan fingerprint density at radius 1 is 1.44 bits per heavy atom. The van der Waals surface area contributed by atoms with E-state index < -0.39 is 0 Å². The summed E-state index contributed by atoms with van der Waals surface area (Å²) in [6, 6.07) is 7.37. The van der Waals surface area contributed by atoms with E-state index in [4.69, 9.17) is 16.9 Å². The molecular weight excluding hydrogens is 220 g/mol. The standard InChI is InChI=1S/C13H17ClN2/c1-4-13(2,3)9-16-12-6-5-10(8-15)7-11(12)14/h5-7,16H,4,9H2,1-3H3. The van der Waals surface area contributed by atoms with E-state index in [1.165, 1.54) is 0 Å². The minimum absolute atomic E-state index is 0.247. The third kappa shape index (κ3) is 3.43. The van der Waals surface area contributed by atoms with Crippen molar-refractivity contribution in [3.8, 4) is 6.07 Å². The maximum absolute atomic E-state index is 8.72. The largest absolute Gasteiger partial charge is 0.383 e. The second kappa shape index (κ2) is 5.23. The minimum Gasteiger partial charge on any atom is -0.383 e. The summed E-state index contributed by atoms with van der Waals surface area (Å²) in [7, 11) is 0. The molecule has 0 unspecified atom stereocenters.